The van der Waals surface area contributed by atoms with Gasteiger partial charge in [-0.1, -0.05) is 13.8 Å². The molecule has 0 spiro atoms. The zero-order chi connectivity index (χ0) is 24.5. The summed E-state index contributed by atoms with van der Waals surface area (Å²) in [5, 5.41) is 5.37. The van der Waals surface area contributed by atoms with E-state index in [4.69, 9.17) is 31.2 Å². The molecule has 1 aromatic carbocycles. The lowest BCUT2D eigenvalue weighted by atomic mass is 10.1. The van der Waals surface area contributed by atoms with Crippen molar-refractivity contribution in [2.45, 2.75) is 32.7 Å². The van der Waals surface area contributed by atoms with Gasteiger partial charge in [-0.05, 0) is 36.7 Å². The Labute approximate surface area is 198 Å². The summed E-state index contributed by atoms with van der Waals surface area (Å²) in [7, 11) is 4.35. The molecule has 182 valence electrons. The SMILES string of the molecule is COc1cc(C(=O)NC(=S)N2CCNC(=O)C2CC(=O)OCCC(C)C)cc(OC)c1OC. The summed E-state index contributed by atoms with van der Waals surface area (Å²) >= 11 is 5.40. The largest absolute Gasteiger partial charge is 0.493 e. The van der Waals surface area contributed by atoms with Gasteiger partial charge in [-0.25, -0.2) is 0 Å². The van der Waals surface area contributed by atoms with Crippen molar-refractivity contribution in [3.63, 3.8) is 0 Å². The van der Waals surface area contributed by atoms with Crippen LogP contribution in [0, 0.1) is 5.92 Å². The Morgan fingerprint density at radius 2 is 1.82 bits per heavy atom. The van der Waals surface area contributed by atoms with Gasteiger partial charge in [0.1, 0.15) is 6.04 Å². The molecule has 0 aromatic heterocycles. The lowest BCUT2D eigenvalue weighted by Gasteiger charge is -2.36. The van der Waals surface area contributed by atoms with Gasteiger partial charge in [0.15, 0.2) is 16.6 Å². The molecule has 0 saturated carbocycles. The molecule has 2 amide bonds. The number of carbonyl (C=O) groups is 3. The molecule has 11 heteroatoms. The van der Waals surface area contributed by atoms with Gasteiger partial charge in [-0.15, -0.1) is 0 Å². The molecule has 2 rings (SSSR count). The number of rotatable bonds is 9. The topological polar surface area (TPSA) is 115 Å². The molecular formula is C22H31N3O7S. The van der Waals surface area contributed by atoms with Gasteiger partial charge in [-0.3, -0.25) is 19.7 Å². The van der Waals surface area contributed by atoms with Gasteiger partial charge >= 0.3 is 5.97 Å². The van der Waals surface area contributed by atoms with E-state index in [2.05, 4.69) is 10.6 Å². The normalized spacial score (nSPS) is 15.5. The number of amides is 2. The van der Waals surface area contributed by atoms with Crippen molar-refractivity contribution in [3.05, 3.63) is 17.7 Å². The van der Waals surface area contributed by atoms with E-state index < -0.39 is 17.9 Å². The second-order valence-corrected chi connectivity index (χ2v) is 8.17. The number of carbonyl (C=O) groups excluding carboxylic acids is 3. The number of hydrogen-bond donors (Lipinski definition) is 2. The van der Waals surface area contributed by atoms with Crippen molar-refractivity contribution in [1.29, 1.82) is 0 Å². The minimum atomic E-state index is -0.877. The maximum absolute atomic E-state index is 12.9. The summed E-state index contributed by atoms with van der Waals surface area (Å²) in [6.07, 6.45) is 0.555. The number of thiocarbonyl (C=S) groups is 1. The molecule has 1 aliphatic heterocycles. The zero-order valence-electron chi connectivity index (χ0n) is 19.6. The summed E-state index contributed by atoms with van der Waals surface area (Å²) < 4.78 is 21.1. The monoisotopic (exact) mass is 481 g/mol. The number of hydrogen-bond acceptors (Lipinski definition) is 8. The minimum Gasteiger partial charge on any atom is -0.493 e. The Balaban J connectivity index is 2.12. The first-order valence-electron chi connectivity index (χ1n) is 10.6. The Morgan fingerprint density at radius 1 is 1.18 bits per heavy atom. The van der Waals surface area contributed by atoms with Gasteiger partial charge in [0, 0.05) is 18.7 Å². The van der Waals surface area contributed by atoms with Crippen LogP contribution in [0.1, 0.15) is 37.0 Å². The fourth-order valence-corrected chi connectivity index (χ4v) is 3.55. The van der Waals surface area contributed by atoms with Crippen molar-refractivity contribution in [3.8, 4) is 17.2 Å². The van der Waals surface area contributed by atoms with Gasteiger partial charge in [0.2, 0.25) is 11.7 Å². The maximum Gasteiger partial charge on any atom is 0.308 e. The lowest BCUT2D eigenvalue weighted by Crippen LogP contribution is -2.60. The average molecular weight is 482 g/mol. The zero-order valence-corrected chi connectivity index (χ0v) is 20.4. The van der Waals surface area contributed by atoms with Crippen LogP contribution in [0.15, 0.2) is 12.1 Å². The third-order valence-electron chi connectivity index (χ3n) is 5.06. The second kappa shape index (κ2) is 12.2. The smallest absolute Gasteiger partial charge is 0.308 e. The van der Waals surface area contributed by atoms with Crippen molar-refractivity contribution in [2.24, 2.45) is 5.92 Å². The number of nitrogens with one attached hydrogen (secondary N) is 2. The average Bonchev–Trinajstić information content (AvgIpc) is 2.78. The highest BCUT2D eigenvalue weighted by molar-refractivity contribution is 7.80. The van der Waals surface area contributed by atoms with Crippen molar-refractivity contribution < 1.29 is 33.3 Å². The predicted molar refractivity (Wildman–Crippen MR) is 125 cm³/mol. The molecule has 10 nitrogen and oxygen atoms in total. The van der Waals surface area contributed by atoms with Crippen LogP contribution in [0.25, 0.3) is 0 Å². The molecule has 0 bridgehead atoms. The van der Waals surface area contributed by atoms with Crippen molar-refractivity contribution in [2.75, 3.05) is 41.0 Å². The minimum absolute atomic E-state index is 0.0311. The molecule has 1 saturated heterocycles. The summed E-state index contributed by atoms with van der Waals surface area (Å²) in [6.45, 7) is 5.01. The molecule has 1 aliphatic rings. The summed E-state index contributed by atoms with van der Waals surface area (Å²) in [6, 6.07) is 2.11. The van der Waals surface area contributed by atoms with Gasteiger partial charge in [0.05, 0.1) is 34.4 Å². The maximum atomic E-state index is 12.9. The fraction of sp³-hybridized carbons (Fsp3) is 0.545. The van der Waals surface area contributed by atoms with Crippen LogP contribution < -0.4 is 24.8 Å². The fourth-order valence-electron chi connectivity index (χ4n) is 3.24. The third kappa shape index (κ3) is 6.95. The third-order valence-corrected chi connectivity index (χ3v) is 5.39. The van der Waals surface area contributed by atoms with E-state index in [1.807, 2.05) is 13.8 Å². The molecule has 1 unspecified atom stereocenters. The number of methoxy groups -OCH3 is 3. The van der Waals surface area contributed by atoms with Gasteiger partial charge in [-0.2, -0.15) is 0 Å². The van der Waals surface area contributed by atoms with Crippen LogP contribution in [-0.4, -0.2) is 74.9 Å². The summed E-state index contributed by atoms with van der Waals surface area (Å²) in [4.78, 5) is 39.1. The molecule has 33 heavy (non-hydrogen) atoms. The van der Waals surface area contributed by atoms with Crippen LogP contribution in [0.3, 0.4) is 0 Å². The van der Waals surface area contributed by atoms with Crippen molar-refractivity contribution >= 4 is 35.1 Å². The van der Waals surface area contributed by atoms with E-state index in [1.165, 1.54) is 38.4 Å². The molecule has 0 radical (unpaired) electrons. The Morgan fingerprint density at radius 3 is 2.36 bits per heavy atom. The number of nitrogens with zero attached hydrogens (tertiary/aromatic N) is 1. The summed E-state index contributed by atoms with van der Waals surface area (Å²) in [5.41, 5.74) is 0.220. The quantitative estimate of drug-likeness (QED) is 0.400. The van der Waals surface area contributed by atoms with Crippen LogP contribution in [0.5, 0.6) is 17.2 Å². The van der Waals surface area contributed by atoms with E-state index in [0.717, 1.165) is 6.42 Å². The molecule has 1 aromatic rings. The van der Waals surface area contributed by atoms with E-state index in [1.54, 1.807) is 0 Å². The number of ether oxygens (including phenoxy) is 4. The second-order valence-electron chi connectivity index (χ2n) is 7.78. The van der Waals surface area contributed by atoms with Crippen LogP contribution >= 0.6 is 12.2 Å². The molecule has 2 N–H and O–H groups in total. The first kappa shape index (κ1) is 26.2. The first-order valence-corrected chi connectivity index (χ1v) is 11.0. The van der Waals surface area contributed by atoms with Crippen LogP contribution in [-0.2, 0) is 14.3 Å². The van der Waals surface area contributed by atoms with Crippen LogP contribution in [0.4, 0.5) is 0 Å². The van der Waals surface area contributed by atoms with E-state index in [9.17, 15) is 14.4 Å². The molecule has 1 atom stereocenters. The molecular weight excluding hydrogens is 450 g/mol. The van der Waals surface area contributed by atoms with Crippen LogP contribution in [0.2, 0.25) is 0 Å². The Kier molecular flexibility index (Phi) is 9.71. The number of piperazine rings is 1. The first-order chi connectivity index (χ1) is 15.7. The Hall–Kier alpha value is -3.08. The van der Waals surface area contributed by atoms with E-state index >= 15 is 0 Å². The molecule has 1 fully saturated rings. The predicted octanol–water partition coefficient (Wildman–Crippen LogP) is 1.51. The summed E-state index contributed by atoms with van der Waals surface area (Å²) in [5.74, 6) is -0.0101. The highest BCUT2D eigenvalue weighted by atomic mass is 32.1. The highest BCUT2D eigenvalue weighted by Crippen LogP contribution is 2.38. The van der Waals surface area contributed by atoms with E-state index in [0.29, 0.717) is 36.3 Å². The van der Waals surface area contributed by atoms with Gasteiger partial charge < -0.3 is 29.2 Å². The lowest BCUT2D eigenvalue weighted by molar-refractivity contribution is -0.147. The molecule has 0 aliphatic carbocycles. The standard InChI is InChI=1S/C22H31N3O7S/c1-13(2)6-9-32-18(26)12-15-21(28)23-7-8-25(15)22(33)24-20(27)14-10-16(29-3)19(31-5)17(11-14)30-4/h10-11,13,15H,6-9,12H2,1-5H3,(H,23,28)(H,24,27,33). The highest BCUT2D eigenvalue weighted by Gasteiger charge is 2.34. The van der Waals surface area contributed by atoms with E-state index in [-0.39, 0.29) is 29.6 Å². The van der Waals surface area contributed by atoms with Crippen molar-refractivity contribution in [1.82, 2.24) is 15.5 Å². The Bertz CT molecular complexity index is 866. The number of benzene rings is 1. The van der Waals surface area contributed by atoms with Gasteiger partial charge in [0.25, 0.3) is 5.91 Å². The molecule has 1 heterocycles. The number of esters is 1.